The number of hydrogen-bond acceptors (Lipinski definition) is 4. The largest absolute Gasteiger partial charge is 0.493 e. The van der Waals surface area contributed by atoms with Crippen LogP contribution in [0.5, 0.6) is 11.5 Å². The molecular formula is C24H25FN2O3. The summed E-state index contributed by atoms with van der Waals surface area (Å²) in [6, 6.07) is 17.7. The zero-order chi connectivity index (χ0) is 21.5. The van der Waals surface area contributed by atoms with E-state index in [1.165, 1.54) is 23.3 Å². The molecule has 0 aliphatic heterocycles. The molecule has 0 unspecified atom stereocenters. The Morgan fingerprint density at radius 2 is 1.77 bits per heavy atom. The van der Waals surface area contributed by atoms with Gasteiger partial charge in [-0.25, -0.2) is 4.39 Å². The fourth-order valence-corrected chi connectivity index (χ4v) is 2.89. The van der Waals surface area contributed by atoms with Crippen LogP contribution in [0.4, 0.5) is 15.8 Å². The van der Waals surface area contributed by atoms with E-state index in [2.05, 4.69) is 36.6 Å². The van der Waals surface area contributed by atoms with Gasteiger partial charge in [0.25, 0.3) is 5.91 Å². The van der Waals surface area contributed by atoms with Crippen LogP contribution < -0.4 is 20.1 Å². The minimum absolute atomic E-state index is 0.117. The second-order valence-corrected chi connectivity index (χ2v) is 6.95. The maximum atomic E-state index is 13.6. The van der Waals surface area contributed by atoms with Gasteiger partial charge in [-0.05, 0) is 66.9 Å². The third-order valence-electron chi connectivity index (χ3n) is 4.74. The number of carbonyl (C=O) groups excluding carboxylic acids is 1. The number of amides is 1. The number of carbonyl (C=O) groups is 1. The van der Waals surface area contributed by atoms with Crippen LogP contribution >= 0.6 is 0 Å². The highest BCUT2D eigenvalue weighted by molar-refractivity contribution is 5.92. The molecule has 0 saturated heterocycles. The van der Waals surface area contributed by atoms with E-state index >= 15 is 0 Å². The number of benzene rings is 3. The topological polar surface area (TPSA) is 59.6 Å². The van der Waals surface area contributed by atoms with Gasteiger partial charge in [0.2, 0.25) is 0 Å². The minimum atomic E-state index is -0.496. The fraction of sp³-hybridized carbons (Fsp3) is 0.208. The van der Waals surface area contributed by atoms with E-state index < -0.39 is 11.7 Å². The normalized spacial score (nSPS) is 10.4. The van der Waals surface area contributed by atoms with Crippen molar-refractivity contribution in [3.05, 3.63) is 83.2 Å². The Morgan fingerprint density at radius 1 is 0.967 bits per heavy atom. The van der Waals surface area contributed by atoms with Crippen molar-refractivity contribution < 1.29 is 18.7 Å². The molecule has 3 rings (SSSR count). The molecule has 0 saturated carbocycles. The van der Waals surface area contributed by atoms with Crippen molar-refractivity contribution in [3.8, 4) is 11.5 Å². The van der Waals surface area contributed by atoms with Gasteiger partial charge in [0.05, 0.1) is 12.8 Å². The van der Waals surface area contributed by atoms with Crippen molar-refractivity contribution in [1.29, 1.82) is 0 Å². The van der Waals surface area contributed by atoms with Crippen molar-refractivity contribution >= 4 is 17.3 Å². The number of aryl methyl sites for hydroxylation is 2. The second kappa shape index (κ2) is 9.78. The molecule has 0 radical (unpaired) electrons. The number of ether oxygens (including phenoxy) is 2. The van der Waals surface area contributed by atoms with E-state index in [4.69, 9.17) is 9.47 Å². The van der Waals surface area contributed by atoms with Crippen molar-refractivity contribution in [2.24, 2.45) is 0 Å². The molecule has 0 bridgehead atoms. The first kappa shape index (κ1) is 21.2. The van der Waals surface area contributed by atoms with Gasteiger partial charge in [-0.2, -0.15) is 0 Å². The van der Waals surface area contributed by atoms with Crippen LogP contribution in [0, 0.1) is 19.7 Å². The van der Waals surface area contributed by atoms with Crippen LogP contribution in [0.15, 0.2) is 60.7 Å². The molecular weight excluding hydrogens is 383 g/mol. The summed E-state index contributed by atoms with van der Waals surface area (Å²) in [5, 5.41) is 5.87. The molecule has 156 valence electrons. The highest BCUT2D eigenvalue weighted by atomic mass is 19.1. The standard InChI is InChI=1S/C24H25FN2O3/c1-16-8-10-19(12-17(16)2)26-14-18-9-11-22(23(13-18)29-3)30-15-24(28)27-21-7-5-4-6-20(21)25/h4-13,26H,14-15H2,1-3H3,(H,27,28). The van der Waals surface area contributed by atoms with Gasteiger partial charge in [-0.1, -0.05) is 24.3 Å². The lowest BCUT2D eigenvalue weighted by Gasteiger charge is -2.13. The van der Waals surface area contributed by atoms with Gasteiger partial charge in [-0.15, -0.1) is 0 Å². The molecule has 0 atom stereocenters. The summed E-state index contributed by atoms with van der Waals surface area (Å²) >= 11 is 0. The predicted molar refractivity (Wildman–Crippen MR) is 117 cm³/mol. The first-order valence-corrected chi connectivity index (χ1v) is 9.61. The monoisotopic (exact) mass is 408 g/mol. The first-order valence-electron chi connectivity index (χ1n) is 9.61. The molecule has 0 aromatic heterocycles. The number of hydrogen-bond donors (Lipinski definition) is 2. The van der Waals surface area contributed by atoms with E-state index in [1.54, 1.807) is 25.3 Å². The molecule has 0 spiro atoms. The number of nitrogens with one attached hydrogen (secondary N) is 2. The number of rotatable bonds is 8. The van der Waals surface area contributed by atoms with Crippen molar-refractivity contribution in [3.63, 3.8) is 0 Å². The first-order chi connectivity index (χ1) is 14.5. The Morgan fingerprint density at radius 3 is 2.50 bits per heavy atom. The quantitative estimate of drug-likeness (QED) is 0.546. The average molecular weight is 408 g/mol. The smallest absolute Gasteiger partial charge is 0.262 e. The van der Waals surface area contributed by atoms with Gasteiger partial charge < -0.3 is 20.1 Å². The Balaban J connectivity index is 1.59. The van der Waals surface area contributed by atoms with Crippen LogP contribution in [0.25, 0.3) is 0 Å². The molecule has 0 aliphatic carbocycles. The lowest BCUT2D eigenvalue weighted by molar-refractivity contribution is -0.118. The maximum absolute atomic E-state index is 13.6. The van der Waals surface area contributed by atoms with E-state index in [1.807, 2.05) is 18.2 Å². The molecule has 0 aliphatic rings. The fourth-order valence-electron chi connectivity index (χ4n) is 2.89. The Hall–Kier alpha value is -3.54. The summed E-state index contributed by atoms with van der Waals surface area (Å²) in [7, 11) is 1.54. The SMILES string of the molecule is COc1cc(CNc2ccc(C)c(C)c2)ccc1OCC(=O)Nc1ccccc1F. The zero-order valence-electron chi connectivity index (χ0n) is 17.3. The Bertz CT molecular complexity index is 1040. The summed E-state index contributed by atoms with van der Waals surface area (Å²) in [5.41, 5.74) is 4.65. The number of methoxy groups -OCH3 is 1. The summed E-state index contributed by atoms with van der Waals surface area (Å²) in [6.45, 7) is 4.52. The molecule has 2 N–H and O–H groups in total. The second-order valence-electron chi connectivity index (χ2n) is 6.95. The highest BCUT2D eigenvalue weighted by Gasteiger charge is 2.11. The van der Waals surface area contributed by atoms with Crippen LogP contribution in [0.3, 0.4) is 0 Å². The third-order valence-corrected chi connectivity index (χ3v) is 4.74. The lowest BCUT2D eigenvalue weighted by Crippen LogP contribution is -2.21. The molecule has 1 amide bonds. The Kier molecular flexibility index (Phi) is 6.91. The Labute approximate surface area is 175 Å². The van der Waals surface area contributed by atoms with Crippen LogP contribution in [-0.2, 0) is 11.3 Å². The maximum Gasteiger partial charge on any atom is 0.262 e. The van der Waals surface area contributed by atoms with E-state index in [-0.39, 0.29) is 12.3 Å². The third kappa shape index (κ3) is 5.50. The molecule has 3 aromatic carbocycles. The minimum Gasteiger partial charge on any atom is -0.493 e. The molecule has 0 fully saturated rings. The van der Waals surface area contributed by atoms with Crippen molar-refractivity contribution in [2.75, 3.05) is 24.4 Å². The number of para-hydroxylation sites is 1. The highest BCUT2D eigenvalue weighted by Crippen LogP contribution is 2.28. The molecule has 6 heteroatoms. The zero-order valence-corrected chi connectivity index (χ0v) is 17.3. The number of halogens is 1. The van der Waals surface area contributed by atoms with Crippen molar-refractivity contribution in [2.45, 2.75) is 20.4 Å². The van der Waals surface area contributed by atoms with Gasteiger partial charge in [0.1, 0.15) is 5.82 Å². The molecule has 30 heavy (non-hydrogen) atoms. The molecule has 3 aromatic rings. The molecule has 5 nitrogen and oxygen atoms in total. The van der Waals surface area contributed by atoms with Crippen LogP contribution in [0.1, 0.15) is 16.7 Å². The summed E-state index contributed by atoms with van der Waals surface area (Å²) in [4.78, 5) is 12.1. The van der Waals surface area contributed by atoms with Crippen LogP contribution in [0.2, 0.25) is 0 Å². The van der Waals surface area contributed by atoms with E-state index in [9.17, 15) is 9.18 Å². The summed E-state index contributed by atoms with van der Waals surface area (Å²) in [5.74, 6) is 0.0101. The summed E-state index contributed by atoms with van der Waals surface area (Å²) in [6.07, 6.45) is 0. The van der Waals surface area contributed by atoms with E-state index in [0.29, 0.717) is 18.0 Å². The van der Waals surface area contributed by atoms with Crippen molar-refractivity contribution in [1.82, 2.24) is 0 Å². The lowest BCUT2D eigenvalue weighted by atomic mass is 10.1. The van der Waals surface area contributed by atoms with Gasteiger partial charge in [0, 0.05) is 12.2 Å². The van der Waals surface area contributed by atoms with E-state index in [0.717, 1.165) is 11.3 Å². The molecule has 0 heterocycles. The van der Waals surface area contributed by atoms with Gasteiger partial charge in [0.15, 0.2) is 18.1 Å². The number of anilines is 2. The van der Waals surface area contributed by atoms with Gasteiger partial charge in [-0.3, -0.25) is 4.79 Å². The van der Waals surface area contributed by atoms with Gasteiger partial charge >= 0.3 is 0 Å². The summed E-state index contributed by atoms with van der Waals surface area (Å²) < 4.78 is 24.6. The van der Waals surface area contributed by atoms with Crippen LogP contribution in [-0.4, -0.2) is 19.6 Å². The predicted octanol–water partition coefficient (Wildman–Crippen LogP) is 5.08. The average Bonchev–Trinajstić information content (AvgIpc) is 2.75.